The summed E-state index contributed by atoms with van der Waals surface area (Å²) in [7, 11) is 0. The Balaban J connectivity index is 0.000000337. The van der Waals surface area contributed by atoms with Crippen molar-refractivity contribution in [3.8, 4) is 0 Å². The molecule has 0 saturated heterocycles. The van der Waals surface area contributed by atoms with E-state index in [1.54, 1.807) is 51.0 Å². The molecule has 56 heavy (non-hydrogen) atoms. The molecule has 0 bridgehead atoms. The van der Waals surface area contributed by atoms with Crippen molar-refractivity contribution in [2.75, 3.05) is 0 Å². The normalized spacial score (nSPS) is 10.4. The number of aromatic amines is 8. The zero-order chi connectivity index (χ0) is 42.4. The SMILES string of the molecule is CC(C)C(=O)c1c[nH]c(=O)[nH]1.CC(C)C(=O)c1ccn[nH]1.CC(C)C(=O)c1cn[nH]c1.CC(C)c1c[nH]c(=O)[nH]1.CC(C)c1cn[nH]c1.CC(C)c1cnc[nH]1. The summed E-state index contributed by atoms with van der Waals surface area (Å²) < 4.78 is 0. The van der Waals surface area contributed by atoms with Crippen molar-refractivity contribution in [2.45, 2.75) is 101 Å². The maximum absolute atomic E-state index is 11.2. The summed E-state index contributed by atoms with van der Waals surface area (Å²) in [5.74, 6) is 1.75. The summed E-state index contributed by atoms with van der Waals surface area (Å²) >= 11 is 0. The first kappa shape index (κ1) is 47.9. The Morgan fingerprint density at radius 3 is 1.41 bits per heavy atom. The Hall–Kier alpha value is -6.13. The fourth-order valence-electron chi connectivity index (χ4n) is 4.02. The van der Waals surface area contributed by atoms with Gasteiger partial charge in [-0.05, 0) is 29.4 Å². The number of Topliss-reactive ketones (excluding diaryl/α,β-unsaturated/α-hetero) is 3. The maximum Gasteiger partial charge on any atom is 0.323 e. The highest BCUT2D eigenvalue weighted by atomic mass is 16.2. The average Bonchev–Trinajstić information content (AvgIpc) is 4.01. The van der Waals surface area contributed by atoms with Crippen molar-refractivity contribution in [3.63, 3.8) is 0 Å². The summed E-state index contributed by atoms with van der Waals surface area (Å²) in [6.07, 6.45) is 15.2. The predicted molar refractivity (Wildman–Crippen MR) is 217 cm³/mol. The molecule has 0 amide bonds. The lowest BCUT2D eigenvalue weighted by molar-refractivity contribution is 0.0927. The van der Waals surface area contributed by atoms with Gasteiger partial charge in [0.05, 0.1) is 24.3 Å². The number of hydrogen-bond acceptors (Lipinski definition) is 9. The third kappa shape index (κ3) is 18.3. The zero-order valence-electron chi connectivity index (χ0n) is 34.6. The Labute approximate surface area is 327 Å². The monoisotopic (exact) mass is 776 g/mol. The topological polar surface area (TPSA) is 263 Å². The summed E-state index contributed by atoms with van der Waals surface area (Å²) in [5, 5.41) is 19.2. The highest BCUT2D eigenvalue weighted by Gasteiger charge is 2.12. The van der Waals surface area contributed by atoms with E-state index in [1.807, 2.05) is 60.1 Å². The summed E-state index contributed by atoms with van der Waals surface area (Å²) in [6.45, 7) is 23.6. The maximum atomic E-state index is 11.2. The Morgan fingerprint density at radius 2 is 1.09 bits per heavy atom. The Morgan fingerprint density at radius 1 is 0.536 bits per heavy atom. The van der Waals surface area contributed by atoms with Crippen molar-refractivity contribution < 1.29 is 14.4 Å². The molecule has 6 aromatic heterocycles. The fourth-order valence-corrected chi connectivity index (χ4v) is 4.02. The molecule has 0 aliphatic heterocycles. The molecule has 306 valence electrons. The first-order chi connectivity index (χ1) is 26.3. The molecule has 0 fully saturated rings. The first-order valence-corrected chi connectivity index (χ1v) is 18.5. The zero-order valence-corrected chi connectivity index (χ0v) is 34.6. The minimum Gasteiger partial charge on any atom is -0.348 e. The van der Waals surface area contributed by atoms with Gasteiger partial charge in [0.1, 0.15) is 11.4 Å². The number of hydrogen-bond donors (Lipinski definition) is 8. The molecule has 8 N–H and O–H groups in total. The number of nitrogens with one attached hydrogen (secondary N) is 8. The molecule has 0 aliphatic carbocycles. The van der Waals surface area contributed by atoms with Crippen molar-refractivity contribution in [3.05, 3.63) is 117 Å². The average molecular weight is 777 g/mol. The van der Waals surface area contributed by atoms with Crippen LogP contribution in [0.15, 0.2) is 71.6 Å². The number of carbonyl (C=O) groups excluding carboxylic acids is 3. The molecule has 0 atom stereocenters. The van der Waals surface area contributed by atoms with Crippen LogP contribution in [0.4, 0.5) is 0 Å². The van der Waals surface area contributed by atoms with E-state index in [1.165, 1.54) is 17.5 Å². The van der Waals surface area contributed by atoms with Gasteiger partial charge in [0, 0.05) is 66.3 Å². The van der Waals surface area contributed by atoms with Gasteiger partial charge < -0.3 is 24.9 Å². The van der Waals surface area contributed by atoms with Crippen LogP contribution in [0, 0.1) is 17.8 Å². The van der Waals surface area contributed by atoms with Gasteiger partial charge >= 0.3 is 11.4 Å². The Bertz CT molecular complexity index is 1920. The third-order valence-electron chi connectivity index (χ3n) is 7.55. The minimum absolute atomic E-state index is 0.0421. The lowest BCUT2D eigenvalue weighted by atomic mass is 10.1. The number of aromatic nitrogens is 12. The van der Waals surface area contributed by atoms with E-state index >= 15 is 0 Å². The van der Waals surface area contributed by atoms with E-state index in [2.05, 4.69) is 88.2 Å². The second-order valence-corrected chi connectivity index (χ2v) is 14.4. The van der Waals surface area contributed by atoms with E-state index in [0.29, 0.717) is 34.7 Å². The largest absolute Gasteiger partial charge is 0.348 e. The van der Waals surface area contributed by atoms with E-state index in [-0.39, 0.29) is 46.5 Å². The van der Waals surface area contributed by atoms with Gasteiger partial charge in [-0.3, -0.25) is 29.7 Å². The van der Waals surface area contributed by atoms with Crippen LogP contribution < -0.4 is 11.4 Å². The fraction of sp³-hybridized carbons (Fsp3) is 0.462. The first-order valence-electron chi connectivity index (χ1n) is 18.5. The third-order valence-corrected chi connectivity index (χ3v) is 7.55. The van der Waals surface area contributed by atoms with Crippen LogP contribution in [0.25, 0.3) is 0 Å². The van der Waals surface area contributed by atoms with Gasteiger partial charge in [-0.25, -0.2) is 14.6 Å². The van der Waals surface area contributed by atoms with E-state index in [9.17, 15) is 24.0 Å². The summed E-state index contributed by atoms with van der Waals surface area (Å²) in [4.78, 5) is 71.4. The van der Waals surface area contributed by atoms with Crippen LogP contribution >= 0.6 is 0 Å². The quantitative estimate of drug-likeness (QED) is 0.0707. The van der Waals surface area contributed by atoms with E-state index in [0.717, 1.165) is 5.69 Å². The van der Waals surface area contributed by atoms with Crippen LogP contribution in [0.5, 0.6) is 0 Å². The van der Waals surface area contributed by atoms with Crippen molar-refractivity contribution in [2.24, 2.45) is 17.8 Å². The minimum atomic E-state index is -0.339. The van der Waals surface area contributed by atoms with Crippen LogP contribution in [0.3, 0.4) is 0 Å². The molecule has 0 radical (unpaired) electrons. The van der Waals surface area contributed by atoms with Crippen LogP contribution in [0.2, 0.25) is 0 Å². The van der Waals surface area contributed by atoms with Gasteiger partial charge in [-0.2, -0.15) is 15.3 Å². The second kappa shape index (κ2) is 25.0. The van der Waals surface area contributed by atoms with Gasteiger partial charge in [-0.1, -0.05) is 83.1 Å². The molecule has 17 heteroatoms. The van der Waals surface area contributed by atoms with Crippen LogP contribution in [0.1, 0.15) is 149 Å². The summed E-state index contributed by atoms with van der Waals surface area (Å²) in [6, 6.07) is 1.68. The van der Waals surface area contributed by atoms with Gasteiger partial charge in [0.15, 0.2) is 17.3 Å². The molecule has 6 aromatic rings. The van der Waals surface area contributed by atoms with E-state index < -0.39 is 0 Å². The molecule has 0 saturated carbocycles. The number of rotatable bonds is 9. The molecular formula is C39H60N12O5. The molecule has 0 aromatic carbocycles. The number of ketones is 3. The molecule has 6 rings (SSSR count). The molecule has 6 heterocycles. The van der Waals surface area contributed by atoms with Crippen LogP contribution in [-0.4, -0.2) is 77.8 Å². The highest BCUT2D eigenvalue weighted by molar-refractivity contribution is 5.97. The van der Waals surface area contributed by atoms with E-state index in [4.69, 9.17) is 0 Å². The number of nitrogens with zero attached hydrogens (tertiary/aromatic N) is 4. The van der Waals surface area contributed by atoms with Crippen molar-refractivity contribution in [1.82, 2.24) is 60.5 Å². The second-order valence-electron chi connectivity index (χ2n) is 14.4. The molecule has 0 unspecified atom stereocenters. The summed E-state index contributed by atoms with van der Waals surface area (Å²) in [5.41, 5.74) is 4.57. The number of imidazole rings is 3. The highest BCUT2D eigenvalue weighted by Crippen LogP contribution is 2.10. The molecule has 0 spiro atoms. The number of H-pyrrole nitrogens is 8. The smallest absolute Gasteiger partial charge is 0.323 e. The van der Waals surface area contributed by atoms with Gasteiger partial charge in [-0.15, -0.1) is 0 Å². The molecule has 17 nitrogen and oxygen atoms in total. The van der Waals surface area contributed by atoms with Crippen molar-refractivity contribution in [1.29, 1.82) is 0 Å². The standard InChI is InChI=1S/C7H10N2O2.2C7H10N2O.C6H10N2O.2C6H10N2/c1-4(2)6(10)5-3-8-7(11)9-5;1-5(2)7(10)6-3-8-9-4-6;1-5(2)7(10)6-3-4-8-9-6;1-4(2)5-3-7-6(9)8-5;1-5(2)6-3-7-4-8-6;1-5(2)6-3-7-8-4-6/h3-4H,1-2H3,(H2,8,9,11);2*3-5H,1-2H3,(H,8,9);3-4H,1-2H3,(H2,7,8,9);2*3-5H,1-2H3,(H,7,8). The van der Waals surface area contributed by atoms with Gasteiger partial charge in [0.2, 0.25) is 0 Å². The lowest BCUT2D eigenvalue weighted by Gasteiger charge is -1.98. The molecular weight excluding hydrogens is 717 g/mol. The van der Waals surface area contributed by atoms with Crippen molar-refractivity contribution >= 4 is 17.3 Å². The van der Waals surface area contributed by atoms with Gasteiger partial charge in [0.25, 0.3) is 0 Å². The predicted octanol–water partition coefficient (Wildman–Crippen LogP) is 6.93. The molecule has 0 aliphatic rings. The van der Waals surface area contributed by atoms with Crippen LogP contribution in [-0.2, 0) is 0 Å². The Kier molecular flexibility index (Phi) is 21.4. The lowest BCUT2D eigenvalue weighted by Crippen LogP contribution is -2.10. The number of carbonyl (C=O) groups is 3.